The Morgan fingerprint density at radius 1 is 1.55 bits per heavy atom. The van der Waals surface area contributed by atoms with Gasteiger partial charge in [-0.15, -0.1) is 5.10 Å². The van der Waals surface area contributed by atoms with Gasteiger partial charge >= 0.3 is 11.7 Å². The first kappa shape index (κ1) is 13.5. The van der Waals surface area contributed by atoms with Gasteiger partial charge in [0.1, 0.15) is 12.0 Å². The van der Waals surface area contributed by atoms with E-state index in [1.807, 2.05) is 0 Å². The number of benzene rings is 1. The van der Waals surface area contributed by atoms with E-state index in [0.29, 0.717) is 0 Å². The van der Waals surface area contributed by atoms with Crippen LogP contribution in [0.5, 0.6) is 0 Å². The summed E-state index contributed by atoms with van der Waals surface area (Å²) in [5.74, 6) is -2.23. The van der Waals surface area contributed by atoms with Crippen LogP contribution in [0.15, 0.2) is 24.4 Å². The molecule has 8 nitrogen and oxygen atoms in total. The van der Waals surface area contributed by atoms with Crippen LogP contribution in [-0.4, -0.2) is 25.8 Å². The Bertz CT molecular complexity index is 698. The summed E-state index contributed by atoms with van der Waals surface area (Å²) in [5, 5.41) is 25.8. The summed E-state index contributed by atoms with van der Waals surface area (Å²) in [6.07, 6.45) is 1.17. The summed E-state index contributed by atoms with van der Waals surface area (Å²) in [5.41, 5.74) is -0.630. The minimum Gasteiger partial charge on any atom is -0.478 e. The molecule has 0 aliphatic heterocycles. The van der Waals surface area contributed by atoms with Crippen molar-refractivity contribution in [2.75, 3.05) is 5.32 Å². The maximum absolute atomic E-state index is 13.7. The maximum atomic E-state index is 13.7. The molecule has 0 radical (unpaired) electrons. The number of nitro groups is 1. The lowest BCUT2D eigenvalue weighted by molar-refractivity contribution is -0.384. The molecular weight excluding hydrogens is 271 g/mol. The normalized spacial score (nSPS) is 10.3. The molecule has 0 aliphatic rings. The Morgan fingerprint density at radius 3 is 2.80 bits per heavy atom. The molecular formula is C11H9FN4O4. The number of carbonyl (C=O) groups is 1. The van der Waals surface area contributed by atoms with Crippen LogP contribution in [0.4, 0.5) is 21.6 Å². The molecule has 0 atom stereocenters. The number of aromatic carboxylic acids is 1. The third-order valence-electron chi connectivity index (χ3n) is 2.48. The molecule has 2 aromatic rings. The van der Waals surface area contributed by atoms with Crippen LogP contribution in [0, 0.1) is 15.9 Å². The van der Waals surface area contributed by atoms with Gasteiger partial charge in [-0.2, -0.15) is 0 Å². The lowest BCUT2D eigenvalue weighted by atomic mass is 10.2. The van der Waals surface area contributed by atoms with Gasteiger partial charge < -0.3 is 10.4 Å². The van der Waals surface area contributed by atoms with E-state index in [9.17, 15) is 19.3 Å². The zero-order valence-electron chi connectivity index (χ0n) is 10.2. The fourth-order valence-electron chi connectivity index (χ4n) is 1.58. The molecule has 0 saturated carbocycles. The lowest BCUT2D eigenvalue weighted by Crippen LogP contribution is -2.01. The Labute approximate surface area is 111 Å². The molecule has 0 spiro atoms. The van der Waals surface area contributed by atoms with Crippen LogP contribution < -0.4 is 5.32 Å². The molecule has 0 bridgehead atoms. The van der Waals surface area contributed by atoms with Crippen molar-refractivity contribution in [3.8, 4) is 0 Å². The molecule has 0 saturated heterocycles. The molecule has 20 heavy (non-hydrogen) atoms. The number of hydrogen-bond donors (Lipinski definition) is 2. The molecule has 0 amide bonds. The van der Waals surface area contributed by atoms with Crippen molar-refractivity contribution in [2.24, 2.45) is 7.05 Å². The van der Waals surface area contributed by atoms with Gasteiger partial charge in [0.2, 0.25) is 5.82 Å². The predicted molar refractivity (Wildman–Crippen MR) is 66.5 cm³/mol. The monoisotopic (exact) mass is 280 g/mol. The minimum atomic E-state index is -1.26. The smallest absolute Gasteiger partial charge is 0.335 e. The number of nitrogens with one attached hydrogen (secondary N) is 1. The number of nitrogens with zero attached hydrogens (tertiary/aromatic N) is 3. The van der Waals surface area contributed by atoms with Crippen molar-refractivity contribution in [2.45, 2.75) is 0 Å². The van der Waals surface area contributed by atoms with Crippen molar-refractivity contribution in [1.82, 2.24) is 9.78 Å². The van der Waals surface area contributed by atoms with E-state index in [1.54, 1.807) is 0 Å². The number of anilines is 2. The van der Waals surface area contributed by atoms with Crippen LogP contribution >= 0.6 is 0 Å². The van der Waals surface area contributed by atoms with E-state index in [1.165, 1.54) is 30.1 Å². The molecule has 2 rings (SSSR count). The van der Waals surface area contributed by atoms with Crippen molar-refractivity contribution in [1.29, 1.82) is 0 Å². The van der Waals surface area contributed by atoms with Crippen molar-refractivity contribution >= 4 is 23.2 Å². The number of aryl methyl sites for hydroxylation is 1. The number of hydrogen-bond acceptors (Lipinski definition) is 5. The molecule has 9 heteroatoms. The molecule has 104 valence electrons. The number of halogens is 1. The Hall–Kier alpha value is -2.97. The summed E-state index contributed by atoms with van der Waals surface area (Å²) in [6.45, 7) is 0. The Morgan fingerprint density at radius 2 is 2.25 bits per heavy atom. The van der Waals surface area contributed by atoms with Crippen molar-refractivity contribution < 1.29 is 19.2 Å². The summed E-state index contributed by atoms with van der Waals surface area (Å²) in [4.78, 5) is 20.8. The maximum Gasteiger partial charge on any atom is 0.335 e. The topological polar surface area (TPSA) is 110 Å². The first-order valence-corrected chi connectivity index (χ1v) is 5.36. The molecule has 1 aromatic heterocycles. The zero-order valence-corrected chi connectivity index (χ0v) is 10.2. The van der Waals surface area contributed by atoms with Gasteiger partial charge in [-0.05, 0) is 18.2 Å². The first-order valence-electron chi connectivity index (χ1n) is 5.36. The van der Waals surface area contributed by atoms with Crippen LogP contribution in [0.1, 0.15) is 10.4 Å². The molecule has 0 unspecified atom stereocenters. The second-order valence-corrected chi connectivity index (χ2v) is 3.92. The summed E-state index contributed by atoms with van der Waals surface area (Å²) in [6, 6.07) is 3.18. The highest BCUT2D eigenvalue weighted by Crippen LogP contribution is 2.27. The minimum absolute atomic E-state index is 0.100. The fourth-order valence-corrected chi connectivity index (χ4v) is 1.58. The van der Waals surface area contributed by atoms with Crippen LogP contribution in [0.3, 0.4) is 0 Å². The fraction of sp³-hybridized carbons (Fsp3) is 0.0909. The molecule has 1 aromatic carbocycles. The summed E-state index contributed by atoms with van der Waals surface area (Å²) in [7, 11) is 1.49. The zero-order chi connectivity index (χ0) is 14.9. The second-order valence-electron chi connectivity index (χ2n) is 3.92. The van der Waals surface area contributed by atoms with E-state index in [0.717, 1.165) is 6.07 Å². The van der Waals surface area contributed by atoms with Gasteiger partial charge in [-0.25, -0.2) is 9.18 Å². The quantitative estimate of drug-likeness (QED) is 0.653. The molecule has 1 heterocycles. The average Bonchev–Trinajstić information content (AvgIpc) is 2.73. The van der Waals surface area contributed by atoms with Gasteiger partial charge in [-0.1, -0.05) is 0 Å². The van der Waals surface area contributed by atoms with Crippen LogP contribution in [-0.2, 0) is 7.05 Å². The summed E-state index contributed by atoms with van der Waals surface area (Å²) >= 11 is 0. The van der Waals surface area contributed by atoms with E-state index in [4.69, 9.17) is 5.11 Å². The van der Waals surface area contributed by atoms with Crippen LogP contribution in [0.2, 0.25) is 0 Å². The van der Waals surface area contributed by atoms with Gasteiger partial charge in [0.05, 0.1) is 16.2 Å². The van der Waals surface area contributed by atoms with Crippen LogP contribution in [0.25, 0.3) is 0 Å². The van der Waals surface area contributed by atoms with Crippen molar-refractivity contribution in [3.63, 3.8) is 0 Å². The second kappa shape index (κ2) is 4.96. The Balaban J connectivity index is 2.35. The van der Waals surface area contributed by atoms with Gasteiger partial charge in [0.25, 0.3) is 0 Å². The average molecular weight is 280 g/mol. The van der Waals surface area contributed by atoms with Gasteiger partial charge in [-0.3, -0.25) is 14.8 Å². The van der Waals surface area contributed by atoms with E-state index in [-0.39, 0.29) is 22.8 Å². The largest absolute Gasteiger partial charge is 0.478 e. The van der Waals surface area contributed by atoms with Crippen molar-refractivity contribution in [3.05, 3.63) is 45.9 Å². The third-order valence-corrected chi connectivity index (χ3v) is 2.48. The number of rotatable bonds is 4. The van der Waals surface area contributed by atoms with E-state index in [2.05, 4.69) is 10.4 Å². The highest BCUT2D eigenvalue weighted by molar-refractivity contribution is 5.88. The molecule has 2 N–H and O–H groups in total. The number of carboxylic acid groups (broad SMARTS) is 1. The highest BCUT2D eigenvalue weighted by atomic mass is 19.1. The SMILES string of the molecule is Cn1cc([N+](=O)[O-])c(Nc2ccc(C(=O)O)cc2F)n1. The Kier molecular flexibility index (Phi) is 3.34. The molecule has 0 aliphatic carbocycles. The predicted octanol–water partition coefficient (Wildman–Crippen LogP) is 1.91. The van der Waals surface area contributed by atoms with Gasteiger partial charge in [0, 0.05) is 7.05 Å². The highest BCUT2D eigenvalue weighted by Gasteiger charge is 2.20. The van der Waals surface area contributed by atoms with E-state index >= 15 is 0 Å². The number of aromatic nitrogens is 2. The van der Waals surface area contributed by atoms with E-state index < -0.39 is 16.7 Å². The number of carboxylic acids is 1. The molecule has 0 fully saturated rings. The summed E-state index contributed by atoms with van der Waals surface area (Å²) < 4.78 is 14.9. The third kappa shape index (κ3) is 2.55. The first-order chi connectivity index (χ1) is 9.38. The lowest BCUT2D eigenvalue weighted by Gasteiger charge is -2.05. The standard InChI is InChI=1S/C11H9FN4O4/c1-15-5-9(16(19)20)10(14-15)13-8-3-2-6(11(17)18)4-7(8)12/h2-5H,1H3,(H,13,14)(H,17,18). The van der Waals surface area contributed by atoms with Gasteiger partial charge in [0.15, 0.2) is 0 Å².